The van der Waals surface area contributed by atoms with Crippen LogP contribution in [0.3, 0.4) is 0 Å². The second kappa shape index (κ2) is 9.99. The standard InChI is InChI=1S/C19H25ClN4O/c1-3-11-24(12-4-2)18-14-22-17(13-23-18)19(25)21-10-9-15-5-7-16(20)8-6-15/h5-8,13-14H,3-4,9-12H2,1-2H3,(H,21,25). The highest BCUT2D eigenvalue weighted by Gasteiger charge is 2.10. The number of amides is 1. The van der Waals surface area contributed by atoms with Crippen LogP contribution in [0.25, 0.3) is 0 Å². The molecule has 0 radical (unpaired) electrons. The third-order valence-corrected chi connectivity index (χ3v) is 4.05. The van der Waals surface area contributed by atoms with Crippen molar-refractivity contribution >= 4 is 23.3 Å². The van der Waals surface area contributed by atoms with Gasteiger partial charge in [0.15, 0.2) is 0 Å². The molecule has 25 heavy (non-hydrogen) atoms. The summed E-state index contributed by atoms with van der Waals surface area (Å²) in [5.74, 6) is 0.618. The van der Waals surface area contributed by atoms with E-state index in [1.165, 1.54) is 0 Å². The summed E-state index contributed by atoms with van der Waals surface area (Å²) in [7, 11) is 0. The maximum absolute atomic E-state index is 12.2. The minimum absolute atomic E-state index is 0.203. The Kier molecular flexibility index (Phi) is 7.67. The van der Waals surface area contributed by atoms with Gasteiger partial charge in [0.2, 0.25) is 0 Å². The molecule has 0 saturated carbocycles. The topological polar surface area (TPSA) is 58.1 Å². The van der Waals surface area contributed by atoms with Crippen LogP contribution < -0.4 is 10.2 Å². The van der Waals surface area contributed by atoms with Gasteiger partial charge in [-0.2, -0.15) is 0 Å². The lowest BCUT2D eigenvalue weighted by Crippen LogP contribution is -2.28. The van der Waals surface area contributed by atoms with Crippen molar-refractivity contribution in [3.05, 3.63) is 52.9 Å². The molecule has 0 aliphatic carbocycles. The van der Waals surface area contributed by atoms with Gasteiger partial charge >= 0.3 is 0 Å². The lowest BCUT2D eigenvalue weighted by Gasteiger charge is -2.22. The molecule has 1 N–H and O–H groups in total. The number of aromatic nitrogens is 2. The van der Waals surface area contributed by atoms with Gasteiger partial charge in [0.05, 0.1) is 12.4 Å². The predicted molar refractivity (Wildman–Crippen MR) is 102 cm³/mol. The van der Waals surface area contributed by atoms with E-state index in [2.05, 4.69) is 34.0 Å². The molecule has 134 valence electrons. The Morgan fingerprint density at radius 1 is 1.08 bits per heavy atom. The van der Waals surface area contributed by atoms with Gasteiger partial charge in [0.25, 0.3) is 5.91 Å². The van der Waals surface area contributed by atoms with E-state index < -0.39 is 0 Å². The summed E-state index contributed by atoms with van der Waals surface area (Å²) in [6.07, 6.45) is 6.07. The molecule has 5 nitrogen and oxygen atoms in total. The highest BCUT2D eigenvalue weighted by atomic mass is 35.5. The van der Waals surface area contributed by atoms with Gasteiger partial charge in [-0.25, -0.2) is 9.97 Å². The van der Waals surface area contributed by atoms with Crippen LogP contribution in [0.4, 0.5) is 5.82 Å². The minimum atomic E-state index is -0.203. The van der Waals surface area contributed by atoms with Gasteiger partial charge in [0, 0.05) is 24.7 Å². The summed E-state index contributed by atoms with van der Waals surface area (Å²) >= 11 is 5.86. The summed E-state index contributed by atoms with van der Waals surface area (Å²) < 4.78 is 0. The molecule has 1 aromatic carbocycles. The summed E-state index contributed by atoms with van der Waals surface area (Å²) in [6, 6.07) is 7.61. The van der Waals surface area contributed by atoms with E-state index >= 15 is 0 Å². The molecule has 1 amide bonds. The lowest BCUT2D eigenvalue weighted by atomic mass is 10.1. The fraction of sp³-hybridized carbons (Fsp3) is 0.421. The molecule has 0 fully saturated rings. The highest BCUT2D eigenvalue weighted by molar-refractivity contribution is 6.30. The first-order valence-electron chi connectivity index (χ1n) is 8.73. The van der Waals surface area contributed by atoms with E-state index in [1.807, 2.05) is 24.3 Å². The molecular formula is C19H25ClN4O. The van der Waals surface area contributed by atoms with E-state index in [0.717, 1.165) is 43.7 Å². The van der Waals surface area contributed by atoms with Crippen molar-refractivity contribution in [3.8, 4) is 0 Å². The molecule has 2 aromatic rings. The van der Waals surface area contributed by atoms with E-state index in [9.17, 15) is 4.79 Å². The maximum atomic E-state index is 12.2. The number of carbonyl (C=O) groups excluding carboxylic acids is 1. The van der Waals surface area contributed by atoms with Gasteiger partial charge in [-0.05, 0) is 37.0 Å². The van der Waals surface area contributed by atoms with E-state index in [4.69, 9.17) is 11.6 Å². The first kappa shape index (κ1) is 19.2. The zero-order chi connectivity index (χ0) is 18.1. The minimum Gasteiger partial charge on any atom is -0.355 e. The average molecular weight is 361 g/mol. The van der Waals surface area contributed by atoms with Gasteiger partial charge < -0.3 is 10.2 Å². The Bertz CT molecular complexity index is 652. The largest absolute Gasteiger partial charge is 0.355 e. The summed E-state index contributed by atoms with van der Waals surface area (Å²) in [5, 5.41) is 3.58. The molecule has 2 rings (SSSR count). The molecule has 0 aliphatic rings. The van der Waals surface area contributed by atoms with Crippen LogP contribution in [0.1, 0.15) is 42.7 Å². The van der Waals surface area contributed by atoms with Crippen LogP contribution in [-0.2, 0) is 6.42 Å². The van der Waals surface area contributed by atoms with Crippen molar-refractivity contribution in [1.82, 2.24) is 15.3 Å². The van der Waals surface area contributed by atoms with Crippen LogP contribution in [-0.4, -0.2) is 35.5 Å². The Morgan fingerprint density at radius 3 is 2.32 bits per heavy atom. The number of anilines is 1. The molecule has 0 bridgehead atoms. The second-order valence-corrected chi connectivity index (χ2v) is 6.32. The molecule has 0 spiro atoms. The van der Waals surface area contributed by atoms with Crippen molar-refractivity contribution in [2.24, 2.45) is 0 Å². The second-order valence-electron chi connectivity index (χ2n) is 5.88. The van der Waals surface area contributed by atoms with Gasteiger partial charge in [-0.15, -0.1) is 0 Å². The van der Waals surface area contributed by atoms with Gasteiger partial charge in [0.1, 0.15) is 11.5 Å². The number of rotatable bonds is 9. The number of carbonyl (C=O) groups is 1. The Labute approximate surface area is 154 Å². The predicted octanol–water partition coefficient (Wildman–Crippen LogP) is 3.73. The number of hydrogen-bond donors (Lipinski definition) is 1. The van der Waals surface area contributed by atoms with Crippen molar-refractivity contribution in [3.63, 3.8) is 0 Å². The van der Waals surface area contributed by atoms with Gasteiger partial charge in [-0.3, -0.25) is 4.79 Å². The van der Waals surface area contributed by atoms with E-state index in [1.54, 1.807) is 12.4 Å². The smallest absolute Gasteiger partial charge is 0.271 e. The van der Waals surface area contributed by atoms with Crippen LogP contribution in [0.5, 0.6) is 0 Å². The summed E-state index contributed by atoms with van der Waals surface area (Å²) in [5.41, 5.74) is 1.47. The Balaban J connectivity index is 1.87. The highest BCUT2D eigenvalue weighted by Crippen LogP contribution is 2.11. The van der Waals surface area contributed by atoms with E-state index in [0.29, 0.717) is 17.3 Å². The Hall–Kier alpha value is -2.14. The molecule has 6 heteroatoms. The fourth-order valence-corrected chi connectivity index (χ4v) is 2.67. The Morgan fingerprint density at radius 2 is 1.76 bits per heavy atom. The fourth-order valence-electron chi connectivity index (χ4n) is 2.54. The quantitative estimate of drug-likeness (QED) is 0.740. The molecular weight excluding hydrogens is 336 g/mol. The molecule has 0 unspecified atom stereocenters. The monoisotopic (exact) mass is 360 g/mol. The van der Waals surface area contributed by atoms with E-state index in [-0.39, 0.29) is 5.91 Å². The summed E-state index contributed by atoms with van der Waals surface area (Å²) in [4.78, 5) is 23.0. The zero-order valence-corrected chi connectivity index (χ0v) is 15.6. The third-order valence-electron chi connectivity index (χ3n) is 3.79. The normalized spacial score (nSPS) is 10.5. The third kappa shape index (κ3) is 6.02. The zero-order valence-electron chi connectivity index (χ0n) is 14.8. The lowest BCUT2D eigenvalue weighted by molar-refractivity contribution is 0.0949. The van der Waals surface area contributed by atoms with Crippen molar-refractivity contribution in [2.75, 3.05) is 24.5 Å². The van der Waals surface area contributed by atoms with Crippen LogP contribution in [0, 0.1) is 0 Å². The first-order chi connectivity index (χ1) is 12.1. The average Bonchev–Trinajstić information content (AvgIpc) is 2.63. The molecule has 1 heterocycles. The number of hydrogen-bond acceptors (Lipinski definition) is 4. The van der Waals surface area contributed by atoms with Crippen LogP contribution in [0.2, 0.25) is 5.02 Å². The number of nitrogens with zero attached hydrogens (tertiary/aromatic N) is 3. The molecule has 0 aliphatic heterocycles. The number of halogens is 1. The van der Waals surface area contributed by atoms with Crippen LogP contribution in [0.15, 0.2) is 36.7 Å². The first-order valence-corrected chi connectivity index (χ1v) is 9.11. The molecule has 1 aromatic heterocycles. The number of nitrogens with one attached hydrogen (secondary N) is 1. The van der Waals surface area contributed by atoms with Crippen LogP contribution >= 0.6 is 11.6 Å². The number of benzene rings is 1. The maximum Gasteiger partial charge on any atom is 0.271 e. The molecule has 0 atom stereocenters. The van der Waals surface area contributed by atoms with Crippen molar-refractivity contribution < 1.29 is 4.79 Å². The van der Waals surface area contributed by atoms with Crippen molar-refractivity contribution in [1.29, 1.82) is 0 Å². The van der Waals surface area contributed by atoms with Gasteiger partial charge in [-0.1, -0.05) is 37.6 Å². The summed E-state index contributed by atoms with van der Waals surface area (Å²) in [6.45, 7) is 6.70. The molecule has 0 saturated heterocycles. The SMILES string of the molecule is CCCN(CCC)c1cnc(C(=O)NCCc2ccc(Cl)cc2)cn1. The van der Waals surface area contributed by atoms with Crippen molar-refractivity contribution in [2.45, 2.75) is 33.1 Å².